The number of hydrogen-bond donors (Lipinski definition) is 4. The van der Waals surface area contributed by atoms with Crippen LogP contribution in [0.2, 0.25) is 0 Å². The van der Waals surface area contributed by atoms with E-state index >= 15 is 0 Å². The van der Waals surface area contributed by atoms with Crippen molar-refractivity contribution >= 4 is 11.6 Å². The maximum atomic E-state index is 13.0. The third kappa shape index (κ3) is 5.02. The first-order chi connectivity index (χ1) is 16.1. The molecule has 1 aromatic carbocycles. The third-order valence-corrected chi connectivity index (χ3v) is 7.16. The van der Waals surface area contributed by atoms with E-state index in [4.69, 9.17) is 0 Å². The fraction of sp³-hybridized carbons (Fsp3) is 0.565. The fourth-order valence-electron chi connectivity index (χ4n) is 5.39. The number of hydrogen-bond acceptors (Lipinski definition) is 6. The molecule has 1 aliphatic carbocycles. The van der Waals surface area contributed by atoms with E-state index in [0.29, 0.717) is 17.6 Å². The normalized spacial score (nSPS) is 28.0. The first-order valence-corrected chi connectivity index (χ1v) is 11.7. The van der Waals surface area contributed by atoms with Crippen molar-refractivity contribution in [2.75, 3.05) is 18.4 Å². The van der Waals surface area contributed by atoms with E-state index in [-0.39, 0.29) is 29.7 Å². The van der Waals surface area contributed by atoms with E-state index in [1.165, 1.54) is 17.7 Å². The zero-order chi connectivity index (χ0) is 22.8. The van der Waals surface area contributed by atoms with Gasteiger partial charge in [0.25, 0.3) is 0 Å². The molecule has 0 bridgehead atoms. The number of carbonyl (C=O) groups excluding carboxylic acids is 1. The van der Waals surface area contributed by atoms with Gasteiger partial charge >= 0.3 is 6.61 Å². The van der Waals surface area contributed by atoms with Crippen LogP contribution in [0.25, 0.3) is 0 Å². The molecule has 0 radical (unpaired) electrons. The number of anilines is 1. The van der Waals surface area contributed by atoms with Crippen LogP contribution in [-0.4, -0.2) is 47.5 Å². The van der Waals surface area contributed by atoms with E-state index in [0.717, 1.165) is 45.2 Å². The van der Waals surface area contributed by atoms with E-state index in [9.17, 15) is 13.6 Å². The highest BCUT2D eigenvalue weighted by molar-refractivity contribution is 5.95. The molecule has 5 rings (SSSR count). The summed E-state index contributed by atoms with van der Waals surface area (Å²) in [6, 6.07) is 6.31. The van der Waals surface area contributed by atoms with Gasteiger partial charge in [0, 0.05) is 23.8 Å². The largest absolute Gasteiger partial charge is 0.435 e. The molecule has 1 saturated carbocycles. The minimum atomic E-state index is -2.87. The van der Waals surface area contributed by atoms with Gasteiger partial charge in [0.1, 0.15) is 11.8 Å². The lowest BCUT2D eigenvalue weighted by molar-refractivity contribution is -0.119. The summed E-state index contributed by atoms with van der Waals surface area (Å²) in [4.78, 5) is 13.0. The lowest BCUT2D eigenvalue weighted by Gasteiger charge is -2.32. The molecule has 8 nitrogen and oxygen atoms in total. The van der Waals surface area contributed by atoms with Gasteiger partial charge in [-0.15, -0.1) is 0 Å². The SMILES string of the molecule is O=C(Nc1ccc(OC(F)F)cc1)C1NNC2CCC(c3cnn(C4CCNCC4)c3)CC21. The number of fused-ring (bicyclic) bond motifs is 1. The summed E-state index contributed by atoms with van der Waals surface area (Å²) >= 11 is 0. The standard InChI is InChI=1S/C23H30F2N6O2/c24-23(25)33-18-4-2-16(3-5-18)28-22(32)21-19-11-14(1-6-20(19)29-30-21)15-12-27-31(13-15)17-7-9-26-10-8-17/h2-5,12-14,17,19-21,23,26,29-30H,1,6-11H2,(H,28,32). The second-order valence-electron chi connectivity index (χ2n) is 9.17. The Labute approximate surface area is 191 Å². The summed E-state index contributed by atoms with van der Waals surface area (Å²) in [6.45, 7) is -0.811. The van der Waals surface area contributed by atoms with Gasteiger partial charge in [-0.3, -0.25) is 14.9 Å². The van der Waals surface area contributed by atoms with Crippen LogP contribution in [0.4, 0.5) is 14.5 Å². The van der Waals surface area contributed by atoms with Crippen molar-refractivity contribution in [1.82, 2.24) is 25.9 Å². The molecule has 1 aromatic heterocycles. The fourth-order valence-corrected chi connectivity index (χ4v) is 5.39. The number of halogens is 2. The molecule has 2 aromatic rings. The molecule has 1 amide bonds. The van der Waals surface area contributed by atoms with Crippen LogP contribution in [0.1, 0.15) is 49.6 Å². The Morgan fingerprint density at radius 1 is 1.12 bits per heavy atom. The van der Waals surface area contributed by atoms with Gasteiger partial charge in [-0.1, -0.05) is 0 Å². The maximum absolute atomic E-state index is 13.0. The van der Waals surface area contributed by atoms with Crippen LogP contribution in [-0.2, 0) is 4.79 Å². The number of amides is 1. The van der Waals surface area contributed by atoms with Gasteiger partial charge < -0.3 is 15.4 Å². The number of alkyl halides is 2. The second kappa shape index (κ2) is 9.74. The molecule has 4 unspecified atom stereocenters. The smallest absolute Gasteiger partial charge is 0.387 e. The number of hydrazine groups is 1. The number of aromatic nitrogens is 2. The van der Waals surface area contributed by atoms with Gasteiger partial charge in [0.15, 0.2) is 0 Å². The predicted octanol–water partition coefficient (Wildman–Crippen LogP) is 2.78. The van der Waals surface area contributed by atoms with Crippen LogP contribution >= 0.6 is 0 Å². The quantitative estimate of drug-likeness (QED) is 0.530. The number of nitrogens with one attached hydrogen (secondary N) is 4. The average molecular weight is 461 g/mol. The van der Waals surface area contributed by atoms with Crippen molar-refractivity contribution < 1.29 is 18.3 Å². The molecule has 178 valence electrons. The monoisotopic (exact) mass is 460 g/mol. The lowest BCUT2D eigenvalue weighted by atomic mass is 9.74. The number of rotatable bonds is 6. The summed E-state index contributed by atoms with van der Waals surface area (Å²) in [7, 11) is 0. The first-order valence-electron chi connectivity index (χ1n) is 11.7. The van der Waals surface area contributed by atoms with Gasteiger partial charge in [-0.05, 0) is 80.9 Å². The van der Waals surface area contributed by atoms with Crippen molar-refractivity contribution in [3.05, 3.63) is 42.2 Å². The summed E-state index contributed by atoms with van der Waals surface area (Å²) in [5, 5.41) is 10.9. The van der Waals surface area contributed by atoms with Crippen LogP contribution in [0.3, 0.4) is 0 Å². The van der Waals surface area contributed by atoms with Crippen molar-refractivity contribution in [1.29, 1.82) is 0 Å². The number of nitrogens with zero attached hydrogens (tertiary/aromatic N) is 2. The van der Waals surface area contributed by atoms with Gasteiger partial charge in [-0.2, -0.15) is 13.9 Å². The Hall–Kier alpha value is -2.56. The Morgan fingerprint density at radius 3 is 2.67 bits per heavy atom. The molecule has 4 N–H and O–H groups in total. The van der Waals surface area contributed by atoms with Crippen LogP contribution < -0.4 is 26.2 Å². The summed E-state index contributed by atoms with van der Waals surface area (Å²) in [5.41, 5.74) is 8.27. The maximum Gasteiger partial charge on any atom is 0.387 e. The molecule has 3 fully saturated rings. The summed E-state index contributed by atoms with van der Waals surface area (Å²) < 4.78 is 31.1. The molecule has 4 atom stereocenters. The number of carbonyl (C=O) groups is 1. The predicted molar refractivity (Wildman–Crippen MR) is 119 cm³/mol. The van der Waals surface area contributed by atoms with Crippen molar-refractivity contribution in [2.24, 2.45) is 5.92 Å². The van der Waals surface area contributed by atoms with Crippen molar-refractivity contribution in [2.45, 2.75) is 62.8 Å². The third-order valence-electron chi connectivity index (χ3n) is 7.16. The van der Waals surface area contributed by atoms with E-state index in [1.54, 1.807) is 12.1 Å². The van der Waals surface area contributed by atoms with Gasteiger partial charge in [0.2, 0.25) is 5.91 Å². The Balaban J connectivity index is 1.21. The zero-order valence-corrected chi connectivity index (χ0v) is 18.3. The van der Waals surface area contributed by atoms with Gasteiger partial charge in [0.05, 0.1) is 12.2 Å². The summed E-state index contributed by atoms with van der Waals surface area (Å²) in [5.74, 6) is 0.462. The van der Waals surface area contributed by atoms with Crippen molar-refractivity contribution in [3.8, 4) is 5.75 Å². The minimum absolute atomic E-state index is 0.0591. The lowest BCUT2D eigenvalue weighted by Crippen LogP contribution is -2.42. The molecular weight excluding hydrogens is 430 g/mol. The zero-order valence-electron chi connectivity index (χ0n) is 18.3. The van der Waals surface area contributed by atoms with Gasteiger partial charge in [-0.25, -0.2) is 5.43 Å². The van der Waals surface area contributed by atoms with E-state index < -0.39 is 6.61 Å². The highest BCUT2D eigenvalue weighted by Gasteiger charge is 2.44. The molecule has 2 aliphatic heterocycles. The Kier molecular flexibility index (Phi) is 6.57. The van der Waals surface area contributed by atoms with E-state index in [2.05, 4.69) is 42.2 Å². The molecule has 3 heterocycles. The Morgan fingerprint density at radius 2 is 1.91 bits per heavy atom. The van der Waals surface area contributed by atoms with Crippen LogP contribution in [0, 0.1) is 5.92 Å². The molecule has 2 saturated heterocycles. The number of benzene rings is 1. The van der Waals surface area contributed by atoms with Crippen LogP contribution in [0.15, 0.2) is 36.7 Å². The molecule has 10 heteroatoms. The first kappa shape index (κ1) is 22.2. The highest BCUT2D eigenvalue weighted by atomic mass is 19.3. The summed E-state index contributed by atoms with van der Waals surface area (Å²) in [6.07, 6.45) is 9.36. The average Bonchev–Trinajstić information content (AvgIpc) is 3.48. The van der Waals surface area contributed by atoms with Crippen LogP contribution in [0.5, 0.6) is 5.75 Å². The van der Waals surface area contributed by atoms with E-state index in [1.807, 2.05) is 6.20 Å². The van der Waals surface area contributed by atoms with Crippen molar-refractivity contribution in [3.63, 3.8) is 0 Å². The molecular formula is C23H30F2N6O2. The second-order valence-corrected chi connectivity index (χ2v) is 9.17. The minimum Gasteiger partial charge on any atom is -0.435 e. The molecule has 0 spiro atoms. The number of ether oxygens (including phenoxy) is 1. The Bertz CT molecular complexity index is 947. The number of piperidine rings is 1. The topological polar surface area (TPSA) is 92.2 Å². The highest BCUT2D eigenvalue weighted by Crippen LogP contribution is 2.40. The molecule has 3 aliphatic rings. The molecule has 33 heavy (non-hydrogen) atoms.